The van der Waals surface area contributed by atoms with Crippen LogP contribution in [0.3, 0.4) is 0 Å². The van der Waals surface area contributed by atoms with Crippen LogP contribution in [0.25, 0.3) is 16.6 Å². The summed E-state index contributed by atoms with van der Waals surface area (Å²) >= 11 is 0. The standard InChI is InChI=1S/C35H35N3O2/c1-4-26-17-21-29(22-18-26)38-33(36-31-14-10-9-13-30(31)35(38)40)32(5-2)37(24-23-27-11-7-6-8-12-27)34(39)28-19-15-25(3)16-20-28/h6-22,32H,4-5,23-24H2,1-3H3. The normalized spacial score (nSPS) is 11.9. The van der Waals surface area contributed by atoms with Gasteiger partial charge in [-0.3, -0.25) is 14.2 Å². The van der Waals surface area contributed by atoms with Crippen molar-refractivity contribution in [3.63, 3.8) is 0 Å². The first-order valence-electron chi connectivity index (χ1n) is 14.0. The van der Waals surface area contributed by atoms with Crippen molar-refractivity contribution in [3.05, 3.63) is 142 Å². The van der Waals surface area contributed by atoms with Gasteiger partial charge in [0.15, 0.2) is 0 Å². The zero-order valence-corrected chi connectivity index (χ0v) is 23.4. The third kappa shape index (κ3) is 5.59. The highest BCUT2D eigenvalue weighted by molar-refractivity contribution is 5.94. The Bertz CT molecular complexity index is 1660. The van der Waals surface area contributed by atoms with E-state index in [4.69, 9.17) is 4.98 Å². The number of nitrogens with zero attached hydrogens (tertiary/aromatic N) is 3. The van der Waals surface area contributed by atoms with Crippen LogP contribution in [0.5, 0.6) is 0 Å². The van der Waals surface area contributed by atoms with Gasteiger partial charge in [0.1, 0.15) is 5.82 Å². The van der Waals surface area contributed by atoms with Crippen molar-refractivity contribution in [2.24, 2.45) is 0 Å². The van der Waals surface area contributed by atoms with Crippen LogP contribution in [0.15, 0.2) is 108 Å². The highest BCUT2D eigenvalue weighted by Crippen LogP contribution is 2.28. The SMILES string of the molecule is CCc1ccc(-n2c(C(CC)N(CCc3ccccc3)C(=O)c3ccc(C)cc3)nc3ccccc3c2=O)cc1. The number of fused-ring (bicyclic) bond motifs is 1. The van der Waals surface area contributed by atoms with Crippen molar-refractivity contribution >= 4 is 16.8 Å². The van der Waals surface area contributed by atoms with Gasteiger partial charge in [-0.25, -0.2) is 4.98 Å². The van der Waals surface area contributed by atoms with Gasteiger partial charge in [0.2, 0.25) is 0 Å². The summed E-state index contributed by atoms with van der Waals surface area (Å²) in [4.78, 5) is 35.1. The highest BCUT2D eigenvalue weighted by Gasteiger charge is 2.29. The van der Waals surface area contributed by atoms with E-state index in [-0.39, 0.29) is 11.5 Å². The summed E-state index contributed by atoms with van der Waals surface area (Å²) in [6.45, 7) is 6.66. The van der Waals surface area contributed by atoms with E-state index in [1.54, 1.807) is 4.57 Å². The maximum absolute atomic E-state index is 14.1. The topological polar surface area (TPSA) is 55.2 Å². The Morgan fingerprint density at radius 3 is 2.17 bits per heavy atom. The van der Waals surface area contributed by atoms with E-state index < -0.39 is 6.04 Å². The van der Waals surface area contributed by atoms with Gasteiger partial charge in [-0.15, -0.1) is 0 Å². The molecule has 0 fully saturated rings. The summed E-state index contributed by atoms with van der Waals surface area (Å²) in [7, 11) is 0. The Hall–Kier alpha value is -4.51. The van der Waals surface area contributed by atoms with Gasteiger partial charge in [0, 0.05) is 12.1 Å². The average Bonchev–Trinajstić information content (AvgIpc) is 3.00. The van der Waals surface area contributed by atoms with Crippen LogP contribution >= 0.6 is 0 Å². The van der Waals surface area contributed by atoms with E-state index >= 15 is 0 Å². The summed E-state index contributed by atoms with van der Waals surface area (Å²) < 4.78 is 1.70. The van der Waals surface area contributed by atoms with Crippen LogP contribution in [-0.2, 0) is 12.8 Å². The molecule has 0 N–H and O–H groups in total. The predicted molar refractivity (Wildman–Crippen MR) is 162 cm³/mol. The molecule has 0 spiro atoms. The lowest BCUT2D eigenvalue weighted by molar-refractivity contribution is 0.0662. The summed E-state index contributed by atoms with van der Waals surface area (Å²) in [5, 5.41) is 0.557. The van der Waals surface area contributed by atoms with Crippen molar-refractivity contribution in [1.29, 1.82) is 0 Å². The number of amides is 1. The molecule has 0 saturated carbocycles. The number of aryl methyl sites for hydroxylation is 2. The molecule has 5 heteroatoms. The maximum Gasteiger partial charge on any atom is 0.266 e. The Morgan fingerprint density at radius 2 is 1.50 bits per heavy atom. The molecule has 1 aromatic heterocycles. The fourth-order valence-corrected chi connectivity index (χ4v) is 5.20. The molecule has 0 saturated heterocycles. The van der Waals surface area contributed by atoms with Crippen molar-refractivity contribution < 1.29 is 4.79 Å². The van der Waals surface area contributed by atoms with Crippen LogP contribution < -0.4 is 5.56 Å². The van der Waals surface area contributed by atoms with E-state index in [2.05, 4.69) is 26.0 Å². The summed E-state index contributed by atoms with van der Waals surface area (Å²) in [6.07, 6.45) is 2.20. The van der Waals surface area contributed by atoms with Crippen LogP contribution in [0, 0.1) is 6.92 Å². The monoisotopic (exact) mass is 529 g/mol. The Labute approximate surface area is 235 Å². The molecule has 0 aliphatic rings. The molecule has 1 heterocycles. The van der Waals surface area contributed by atoms with Gasteiger partial charge in [-0.1, -0.05) is 86.1 Å². The number of benzene rings is 4. The minimum absolute atomic E-state index is 0.0712. The molecule has 1 unspecified atom stereocenters. The smallest absolute Gasteiger partial charge is 0.266 e. The number of hydrogen-bond donors (Lipinski definition) is 0. The molecule has 1 atom stereocenters. The maximum atomic E-state index is 14.1. The highest BCUT2D eigenvalue weighted by atomic mass is 16.2. The van der Waals surface area contributed by atoms with Crippen molar-refractivity contribution in [1.82, 2.24) is 14.5 Å². The Morgan fingerprint density at radius 1 is 0.825 bits per heavy atom. The third-order valence-electron chi connectivity index (χ3n) is 7.51. The summed E-state index contributed by atoms with van der Waals surface area (Å²) in [5.41, 5.74) is 5.32. The second-order valence-electron chi connectivity index (χ2n) is 10.2. The molecule has 5 rings (SSSR count). The first-order valence-corrected chi connectivity index (χ1v) is 14.0. The number of para-hydroxylation sites is 1. The third-order valence-corrected chi connectivity index (χ3v) is 7.51. The Balaban J connectivity index is 1.67. The quantitative estimate of drug-likeness (QED) is 0.205. The minimum atomic E-state index is -0.416. The van der Waals surface area contributed by atoms with Crippen molar-refractivity contribution in [2.45, 2.75) is 46.1 Å². The fourth-order valence-electron chi connectivity index (χ4n) is 5.20. The van der Waals surface area contributed by atoms with Crippen LogP contribution in [0.4, 0.5) is 0 Å². The molecule has 40 heavy (non-hydrogen) atoms. The molecule has 0 radical (unpaired) electrons. The summed E-state index contributed by atoms with van der Waals surface area (Å²) in [5.74, 6) is 0.502. The van der Waals surface area contributed by atoms with Crippen molar-refractivity contribution in [2.75, 3.05) is 6.54 Å². The molecule has 4 aromatic carbocycles. The molecule has 1 amide bonds. The average molecular weight is 530 g/mol. The van der Waals surface area contributed by atoms with Crippen LogP contribution in [0.1, 0.15) is 59.2 Å². The van der Waals surface area contributed by atoms with Gasteiger partial charge in [-0.05, 0) is 73.7 Å². The number of aromatic nitrogens is 2. The number of carbonyl (C=O) groups excluding carboxylic acids is 1. The Kier molecular flexibility index (Phi) is 8.20. The first kappa shape index (κ1) is 27.1. The number of carbonyl (C=O) groups is 1. The minimum Gasteiger partial charge on any atom is -0.328 e. The van der Waals surface area contributed by atoms with Gasteiger partial charge in [0.05, 0.1) is 22.6 Å². The van der Waals surface area contributed by atoms with E-state index in [9.17, 15) is 9.59 Å². The molecule has 0 aliphatic heterocycles. The molecule has 5 nitrogen and oxygen atoms in total. The van der Waals surface area contributed by atoms with Crippen LogP contribution in [-0.4, -0.2) is 26.9 Å². The molecular formula is C35H35N3O2. The van der Waals surface area contributed by atoms with E-state index in [0.717, 1.165) is 23.2 Å². The van der Waals surface area contributed by atoms with E-state index in [1.807, 2.05) is 103 Å². The lowest BCUT2D eigenvalue weighted by atomic mass is 10.0. The van der Waals surface area contributed by atoms with Crippen molar-refractivity contribution in [3.8, 4) is 5.69 Å². The van der Waals surface area contributed by atoms with Crippen LogP contribution in [0.2, 0.25) is 0 Å². The zero-order valence-electron chi connectivity index (χ0n) is 23.4. The number of rotatable bonds is 9. The van der Waals surface area contributed by atoms with Gasteiger partial charge in [0.25, 0.3) is 11.5 Å². The van der Waals surface area contributed by atoms with E-state index in [1.165, 1.54) is 5.56 Å². The summed E-state index contributed by atoms with van der Waals surface area (Å²) in [6, 6.07) is 32.9. The fraction of sp³-hybridized carbons (Fsp3) is 0.229. The lowest BCUT2D eigenvalue weighted by Crippen LogP contribution is -2.39. The van der Waals surface area contributed by atoms with Gasteiger partial charge in [-0.2, -0.15) is 0 Å². The predicted octanol–water partition coefficient (Wildman–Crippen LogP) is 7.09. The largest absolute Gasteiger partial charge is 0.328 e. The lowest BCUT2D eigenvalue weighted by Gasteiger charge is -2.32. The number of hydrogen-bond acceptors (Lipinski definition) is 3. The zero-order chi connectivity index (χ0) is 28.1. The second kappa shape index (κ2) is 12.1. The first-order chi connectivity index (χ1) is 19.5. The van der Waals surface area contributed by atoms with E-state index in [0.29, 0.717) is 41.7 Å². The second-order valence-corrected chi connectivity index (χ2v) is 10.2. The van der Waals surface area contributed by atoms with Gasteiger partial charge >= 0.3 is 0 Å². The molecule has 0 bridgehead atoms. The molecule has 5 aromatic rings. The molecule has 0 aliphatic carbocycles. The van der Waals surface area contributed by atoms with Gasteiger partial charge < -0.3 is 4.90 Å². The molecule has 202 valence electrons. The molecular weight excluding hydrogens is 494 g/mol.